The van der Waals surface area contributed by atoms with Crippen LogP contribution in [0.3, 0.4) is 0 Å². The first-order valence-electron chi connectivity index (χ1n) is 11.2. The highest BCUT2D eigenvalue weighted by molar-refractivity contribution is 5.88. The lowest BCUT2D eigenvalue weighted by Gasteiger charge is -2.35. The molecule has 1 saturated heterocycles. The van der Waals surface area contributed by atoms with Gasteiger partial charge in [0.1, 0.15) is 17.8 Å². The smallest absolute Gasteiger partial charge is 0.333 e. The Kier molecular flexibility index (Phi) is 8.13. The minimum atomic E-state index is -1.35. The zero-order chi connectivity index (χ0) is 24.4. The van der Waals surface area contributed by atoms with Gasteiger partial charge in [-0.1, -0.05) is 18.7 Å². The van der Waals surface area contributed by atoms with E-state index in [1.54, 1.807) is 39.8 Å². The van der Waals surface area contributed by atoms with Crippen LogP contribution in [0.5, 0.6) is 0 Å². The summed E-state index contributed by atoms with van der Waals surface area (Å²) in [4.78, 5) is 24.5. The van der Waals surface area contributed by atoms with Crippen LogP contribution in [-0.2, 0) is 23.8 Å². The summed E-state index contributed by atoms with van der Waals surface area (Å²) in [5, 5.41) is 21.4. The summed E-state index contributed by atoms with van der Waals surface area (Å²) in [5.41, 5.74) is -0.359. The minimum Gasteiger partial charge on any atom is -0.456 e. The molecule has 0 bridgehead atoms. The second-order valence-corrected chi connectivity index (χ2v) is 9.67. The number of ether oxygens (including phenoxy) is 3. The number of rotatable bonds is 9. The fourth-order valence-corrected chi connectivity index (χ4v) is 3.94. The van der Waals surface area contributed by atoms with Gasteiger partial charge in [-0.05, 0) is 72.8 Å². The van der Waals surface area contributed by atoms with Crippen LogP contribution < -0.4 is 0 Å². The number of allylic oxidation sites excluding steroid dienone is 2. The maximum absolute atomic E-state index is 12.3. The number of carbonyl (C=O) groups excluding carboxylic acids is 2. The maximum atomic E-state index is 12.3. The van der Waals surface area contributed by atoms with Crippen LogP contribution >= 0.6 is 0 Å². The van der Waals surface area contributed by atoms with E-state index in [4.69, 9.17) is 14.2 Å². The van der Waals surface area contributed by atoms with Crippen molar-refractivity contribution in [3.8, 4) is 0 Å². The monoisotopic (exact) mass is 450 g/mol. The topological polar surface area (TPSA) is 106 Å². The molecule has 0 aromatic carbocycles. The van der Waals surface area contributed by atoms with Gasteiger partial charge in [0.2, 0.25) is 0 Å². The number of aliphatic hydroxyl groups is 2. The second-order valence-electron chi connectivity index (χ2n) is 9.67. The van der Waals surface area contributed by atoms with Crippen molar-refractivity contribution in [2.45, 2.75) is 103 Å². The molecular weight excluding hydrogens is 412 g/mol. The standard InChI is InChI=1S/C25H38O7/c1-9-14(3)22(27)30-19(24(6,7)29)13-18(26)16(5)17-11-20(25(8)21(12-17)32-25)31-23(28)15(4)10-2/h9-10,17-21,26,29H,5,11-13H2,1-4,6-8H3/t17-,18+,19+,20+,21-,25+/m0/s1. The van der Waals surface area contributed by atoms with Crippen molar-refractivity contribution in [1.29, 1.82) is 0 Å². The molecule has 180 valence electrons. The van der Waals surface area contributed by atoms with Crippen LogP contribution in [-0.4, -0.2) is 57.8 Å². The van der Waals surface area contributed by atoms with Gasteiger partial charge in [-0.3, -0.25) is 0 Å². The zero-order valence-corrected chi connectivity index (χ0v) is 20.3. The lowest BCUT2D eigenvalue weighted by Crippen LogP contribution is -2.44. The zero-order valence-electron chi connectivity index (χ0n) is 20.3. The third-order valence-electron chi connectivity index (χ3n) is 6.80. The molecule has 0 aromatic rings. The number of aliphatic hydroxyl groups excluding tert-OH is 1. The Bertz CT molecular complexity index is 804. The van der Waals surface area contributed by atoms with Crippen LogP contribution in [0.2, 0.25) is 0 Å². The molecule has 0 unspecified atom stereocenters. The quantitative estimate of drug-likeness (QED) is 0.240. The van der Waals surface area contributed by atoms with Gasteiger partial charge in [-0.2, -0.15) is 0 Å². The number of esters is 2. The largest absolute Gasteiger partial charge is 0.456 e. The van der Waals surface area contributed by atoms with E-state index in [0.29, 0.717) is 29.6 Å². The van der Waals surface area contributed by atoms with Gasteiger partial charge >= 0.3 is 11.9 Å². The van der Waals surface area contributed by atoms with Crippen molar-refractivity contribution in [3.05, 3.63) is 35.5 Å². The summed E-state index contributed by atoms with van der Waals surface area (Å²) in [5.74, 6) is -1.05. The third-order valence-corrected chi connectivity index (χ3v) is 6.80. The van der Waals surface area contributed by atoms with E-state index in [9.17, 15) is 19.8 Å². The highest BCUT2D eigenvalue weighted by atomic mass is 16.6. The Labute approximate surface area is 191 Å². The molecule has 32 heavy (non-hydrogen) atoms. The molecular formula is C25H38O7. The van der Waals surface area contributed by atoms with Crippen molar-refractivity contribution in [1.82, 2.24) is 0 Å². The van der Waals surface area contributed by atoms with Crippen molar-refractivity contribution in [2.75, 3.05) is 0 Å². The summed E-state index contributed by atoms with van der Waals surface area (Å²) < 4.78 is 17.0. The number of fused-ring (bicyclic) bond motifs is 1. The Morgan fingerprint density at radius 3 is 2.28 bits per heavy atom. The maximum Gasteiger partial charge on any atom is 0.333 e. The number of hydrogen-bond donors (Lipinski definition) is 2. The number of hydrogen-bond acceptors (Lipinski definition) is 7. The van der Waals surface area contributed by atoms with E-state index in [1.165, 1.54) is 13.8 Å². The van der Waals surface area contributed by atoms with E-state index in [2.05, 4.69) is 6.58 Å². The van der Waals surface area contributed by atoms with Crippen LogP contribution in [0.25, 0.3) is 0 Å². The molecule has 1 heterocycles. The van der Waals surface area contributed by atoms with E-state index in [-0.39, 0.29) is 24.4 Å². The van der Waals surface area contributed by atoms with Crippen molar-refractivity contribution < 1.29 is 34.0 Å². The molecule has 1 saturated carbocycles. The SMILES string of the molecule is C=C([C@@H]1C[C@@H]2O[C@]2(C)[C@H](OC(=O)C(C)=CC)C1)[C@H](O)C[C@@H](OC(=O)C(C)=CC)C(C)(C)O. The van der Waals surface area contributed by atoms with Crippen molar-refractivity contribution in [3.63, 3.8) is 0 Å². The lowest BCUT2D eigenvalue weighted by atomic mass is 9.75. The van der Waals surface area contributed by atoms with E-state index in [0.717, 1.165) is 0 Å². The van der Waals surface area contributed by atoms with Gasteiger partial charge < -0.3 is 24.4 Å². The van der Waals surface area contributed by atoms with Crippen LogP contribution in [0, 0.1) is 5.92 Å². The van der Waals surface area contributed by atoms with Gasteiger partial charge in [0.25, 0.3) is 0 Å². The molecule has 1 aliphatic carbocycles. The minimum absolute atomic E-state index is 0.00644. The average Bonchev–Trinajstić information content (AvgIpc) is 3.41. The predicted octanol–water partition coefficient (Wildman–Crippen LogP) is 3.39. The molecule has 2 N–H and O–H groups in total. The van der Waals surface area contributed by atoms with Gasteiger partial charge in [-0.15, -0.1) is 0 Å². The molecule has 2 rings (SSSR count). The van der Waals surface area contributed by atoms with Gasteiger partial charge in [0, 0.05) is 17.6 Å². The fraction of sp³-hybridized carbons (Fsp3) is 0.680. The Hall–Kier alpha value is -1.96. The molecule has 0 aromatic heterocycles. The summed E-state index contributed by atoms with van der Waals surface area (Å²) in [7, 11) is 0. The summed E-state index contributed by atoms with van der Waals surface area (Å²) in [6, 6.07) is 0. The molecule has 2 aliphatic rings. The predicted molar refractivity (Wildman–Crippen MR) is 121 cm³/mol. The van der Waals surface area contributed by atoms with Crippen LogP contribution in [0.4, 0.5) is 0 Å². The average molecular weight is 451 g/mol. The summed E-state index contributed by atoms with van der Waals surface area (Å²) >= 11 is 0. The van der Waals surface area contributed by atoms with E-state index < -0.39 is 35.5 Å². The lowest BCUT2D eigenvalue weighted by molar-refractivity contribution is -0.160. The van der Waals surface area contributed by atoms with Gasteiger partial charge in [0.15, 0.2) is 0 Å². The molecule has 7 nitrogen and oxygen atoms in total. The molecule has 0 radical (unpaired) electrons. The Morgan fingerprint density at radius 1 is 1.19 bits per heavy atom. The van der Waals surface area contributed by atoms with Crippen LogP contribution in [0.15, 0.2) is 35.5 Å². The highest BCUT2D eigenvalue weighted by Gasteiger charge is 2.63. The highest BCUT2D eigenvalue weighted by Crippen LogP contribution is 2.52. The first-order chi connectivity index (χ1) is 14.7. The van der Waals surface area contributed by atoms with Crippen molar-refractivity contribution in [2.24, 2.45) is 5.92 Å². The van der Waals surface area contributed by atoms with Gasteiger partial charge in [0.05, 0.1) is 17.8 Å². The first kappa shape index (κ1) is 26.3. The summed E-state index contributed by atoms with van der Waals surface area (Å²) in [6.45, 7) is 15.9. The molecule has 0 amide bonds. The second kappa shape index (κ2) is 9.89. The van der Waals surface area contributed by atoms with E-state index >= 15 is 0 Å². The summed E-state index contributed by atoms with van der Waals surface area (Å²) in [6.07, 6.45) is 2.03. The third kappa shape index (κ3) is 5.88. The van der Waals surface area contributed by atoms with Gasteiger partial charge in [-0.25, -0.2) is 9.59 Å². The van der Waals surface area contributed by atoms with Crippen LogP contribution in [0.1, 0.15) is 67.7 Å². The molecule has 1 aliphatic heterocycles. The van der Waals surface area contributed by atoms with E-state index in [1.807, 2.05) is 6.92 Å². The Balaban J connectivity index is 2.08. The molecule has 7 heteroatoms. The van der Waals surface area contributed by atoms with Crippen molar-refractivity contribution >= 4 is 11.9 Å². The molecule has 0 spiro atoms. The normalized spacial score (nSPS) is 30.1. The number of epoxide rings is 1. The molecule has 6 atom stereocenters. The number of carbonyl (C=O) groups is 2. The first-order valence-corrected chi connectivity index (χ1v) is 11.2. The molecule has 2 fully saturated rings. The Morgan fingerprint density at radius 2 is 1.75 bits per heavy atom. The fourth-order valence-electron chi connectivity index (χ4n) is 3.94.